The molecule has 0 saturated carbocycles. The molecule has 2 bridgehead atoms. The molecular formula is C54H80N2O15. The predicted octanol–water partition coefficient (Wildman–Crippen LogP) is 7.84. The van der Waals surface area contributed by atoms with Crippen LogP contribution in [0.2, 0.25) is 0 Å². The van der Waals surface area contributed by atoms with Crippen LogP contribution in [0.15, 0.2) is 65.8 Å². The molecule has 4 aliphatic rings. The van der Waals surface area contributed by atoms with Crippen molar-refractivity contribution in [3.63, 3.8) is 0 Å². The van der Waals surface area contributed by atoms with Gasteiger partial charge in [0.1, 0.15) is 23.5 Å². The molecule has 396 valence electrons. The molecular weight excluding hydrogens is 917 g/mol. The molecule has 0 aliphatic carbocycles. The number of benzene rings is 2. The second-order valence-electron chi connectivity index (χ2n) is 21.2. The maximum atomic E-state index is 14.9. The number of carbonyl (C=O) groups is 3. The van der Waals surface area contributed by atoms with Crippen molar-refractivity contribution in [2.45, 2.75) is 192 Å². The Morgan fingerprint density at radius 3 is 1.89 bits per heavy atom. The Hall–Kier alpha value is -4.04. The SMILES string of the molecule is CC[C@H]1OC(=O)[C@H](C)[C@@H](OC2C[C@@](C)(OC)[C@@H](OC(=O)c3ccccc3)[C@H](C)O2)[C@H](C)[C@@H](OC2O[C@H](C)C[C@H](N(C)C)[C@H]2OC(=O)c2ccccc2)[C@](C)(OC)C[C@@H](C)[C@@H]2OC(C)(C)O[C@@H](/C1=N\O)[C@H]2C. The van der Waals surface area contributed by atoms with Crippen LogP contribution in [0.3, 0.4) is 0 Å². The molecule has 6 rings (SSSR count). The van der Waals surface area contributed by atoms with Crippen LogP contribution in [0.1, 0.15) is 123 Å². The lowest BCUT2D eigenvalue weighted by molar-refractivity contribution is -0.326. The Kier molecular flexibility index (Phi) is 18.6. The zero-order valence-electron chi connectivity index (χ0n) is 44.4. The van der Waals surface area contributed by atoms with Crippen LogP contribution in [-0.4, -0.2) is 153 Å². The summed E-state index contributed by atoms with van der Waals surface area (Å²) in [6, 6.07) is 17.1. The number of fused-ring (bicyclic) bond motifs is 2. The fraction of sp³-hybridized carbons (Fsp3) is 0.704. The van der Waals surface area contributed by atoms with Gasteiger partial charge in [-0.25, -0.2) is 9.59 Å². The Bertz CT molecular complexity index is 2110. The molecule has 0 amide bonds. The van der Waals surface area contributed by atoms with Crippen LogP contribution in [0.5, 0.6) is 0 Å². The number of likely N-dealkylation sites (N-methyl/N-ethyl adjacent to an activating group) is 1. The van der Waals surface area contributed by atoms with E-state index in [1.54, 1.807) is 76.6 Å². The first kappa shape index (κ1) is 56.3. The van der Waals surface area contributed by atoms with Crippen molar-refractivity contribution in [1.82, 2.24) is 4.90 Å². The Morgan fingerprint density at radius 1 is 0.761 bits per heavy atom. The lowest BCUT2D eigenvalue weighted by Gasteiger charge is -2.52. The summed E-state index contributed by atoms with van der Waals surface area (Å²) in [5.41, 5.74) is -1.39. The molecule has 17 heteroatoms. The highest BCUT2D eigenvalue weighted by molar-refractivity contribution is 5.94. The summed E-state index contributed by atoms with van der Waals surface area (Å²) >= 11 is 0. The molecule has 2 aromatic rings. The van der Waals surface area contributed by atoms with E-state index in [-0.39, 0.29) is 42.5 Å². The third kappa shape index (κ3) is 12.7. The molecule has 4 saturated heterocycles. The Labute approximate surface area is 420 Å². The number of esters is 3. The molecule has 4 aliphatic heterocycles. The quantitative estimate of drug-likeness (QED) is 0.0937. The molecule has 2 aromatic carbocycles. The van der Waals surface area contributed by atoms with Crippen molar-refractivity contribution in [3.05, 3.63) is 71.8 Å². The molecule has 2 unspecified atom stereocenters. The average molecular weight is 997 g/mol. The van der Waals surface area contributed by atoms with Gasteiger partial charge in [-0.3, -0.25) is 4.79 Å². The zero-order chi connectivity index (χ0) is 52.2. The summed E-state index contributed by atoms with van der Waals surface area (Å²) in [5, 5.41) is 14.4. The van der Waals surface area contributed by atoms with Gasteiger partial charge in [-0.15, -0.1) is 0 Å². The summed E-state index contributed by atoms with van der Waals surface area (Å²) in [7, 11) is 7.01. The van der Waals surface area contributed by atoms with Gasteiger partial charge in [0.15, 0.2) is 30.6 Å². The molecule has 4 heterocycles. The Morgan fingerprint density at radius 2 is 1.34 bits per heavy atom. The van der Waals surface area contributed by atoms with E-state index in [4.69, 9.17) is 52.1 Å². The van der Waals surface area contributed by atoms with Gasteiger partial charge in [0.2, 0.25) is 0 Å². The van der Waals surface area contributed by atoms with Crippen LogP contribution < -0.4 is 0 Å². The number of methoxy groups -OCH3 is 2. The summed E-state index contributed by atoms with van der Waals surface area (Å²) < 4.78 is 72.7. The van der Waals surface area contributed by atoms with Crippen LogP contribution in [-0.2, 0) is 56.9 Å². The van der Waals surface area contributed by atoms with Gasteiger partial charge in [-0.2, -0.15) is 0 Å². The molecule has 71 heavy (non-hydrogen) atoms. The minimum Gasteiger partial charge on any atom is -0.456 e. The molecule has 0 spiro atoms. The number of carbonyl (C=O) groups excluding carboxylic acids is 3. The molecule has 0 radical (unpaired) electrons. The number of ether oxygens (including phenoxy) is 11. The lowest BCUT2D eigenvalue weighted by Crippen LogP contribution is -2.62. The lowest BCUT2D eigenvalue weighted by atomic mass is 9.74. The molecule has 18 atom stereocenters. The monoisotopic (exact) mass is 997 g/mol. The van der Waals surface area contributed by atoms with Gasteiger partial charge < -0.3 is 62.2 Å². The van der Waals surface area contributed by atoms with Crippen LogP contribution in [0.25, 0.3) is 0 Å². The molecule has 17 nitrogen and oxygen atoms in total. The van der Waals surface area contributed by atoms with Crippen LogP contribution in [0.4, 0.5) is 0 Å². The van der Waals surface area contributed by atoms with Crippen molar-refractivity contribution in [3.8, 4) is 0 Å². The van der Waals surface area contributed by atoms with E-state index in [1.807, 2.05) is 86.5 Å². The van der Waals surface area contributed by atoms with Crippen LogP contribution in [0, 0.1) is 23.7 Å². The van der Waals surface area contributed by atoms with E-state index in [0.717, 1.165) is 0 Å². The number of cyclic esters (lactones) is 1. The Balaban J connectivity index is 1.46. The van der Waals surface area contributed by atoms with Crippen molar-refractivity contribution >= 4 is 23.6 Å². The fourth-order valence-corrected chi connectivity index (χ4v) is 11.2. The zero-order valence-corrected chi connectivity index (χ0v) is 44.4. The summed E-state index contributed by atoms with van der Waals surface area (Å²) in [6.45, 7) is 20.7. The van der Waals surface area contributed by atoms with E-state index in [2.05, 4.69) is 12.1 Å². The normalized spacial score (nSPS) is 39.8. The summed E-state index contributed by atoms with van der Waals surface area (Å²) in [5.74, 6) is -5.25. The highest BCUT2D eigenvalue weighted by Crippen LogP contribution is 2.45. The number of rotatable bonds is 12. The van der Waals surface area contributed by atoms with Crippen molar-refractivity contribution < 1.29 is 71.7 Å². The third-order valence-corrected chi connectivity index (χ3v) is 15.2. The van der Waals surface area contributed by atoms with Gasteiger partial charge in [-0.05, 0) is 112 Å². The van der Waals surface area contributed by atoms with Crippen molar-refractivity contribution in [2.24, 2.45) is 28.8 Å². The highest BCUT2D eigenvalue weighted by Gasteiger charge is 2.56. The smallest absolute Gasteiger partial charge is 0.338 e. The standard InChI is InChI=1S/C54H80N2O15/c1-16-39-41(55-60)44-32(4)42(70-52(8,9)71-44)30(2)28-53(10,61-14)46(69-51-45(38(56(12)13)27-31(3)63-51)67-49(58)36-23-19-17-20-24-36)33(5)43(34(6)48(57)65-39)66-40-29-54(11,62-15)47(35(7)64-40)68-50(59)37-25-21-18-22-26-37/h17-26,30-35,38-40,42-47,51,60H,16,27-29H2,1-15H3/b55-41-/t30-,31-,32+,33+,34-,35+,38+,39-,40?,42+,43+,44-,45-,46-,47+,51?,53-,54-/m1/s1. The van der Waals surface area contributed by atoms with Gasteiger partial charge in [0.25, 0.3) is 0 Å². The number of hydrogen-bond donors (Lipinski definition) is 1. The van der Waals surface area contributed by atoms with E-state index in [0.29, 0.717) is 24.0 Å². The van der Waals surface area contributed by atoms with E-state index < -0.39 is 108 Å². The highest BCUT2D eigenvalue weighted by atomic mass is 16.7. The summed E-state index contributed by atoms with van der Waals surface area (Å²) in [4.78, 5) is 44.3. The number of oxime groups is 1. The first-order valence-corrected chi connectivity index (χ1v) is 25.2. The van der Waals surface area contributed by atoms with Gasteiger partial charge >= 0.3 is 17.9 Å². The maximum Gasteiger partial charge on any atom is 0.338 e. The fourth-order valence-electron chi connectivity index (χ4n) is 11.2. The molecule has 4 fully saturated rings. The van der Waals surface area contributed by atoms with Crippen molar-refractivity contribution in [2.75, 3.05) is 28.3 Å². The van der Waals surface area contributed by atoms with Crippen LogP contribution >= 0.6 is 0 Å². The summed E-state index contributed by atoms with van der Waals surface area (Å²) in [6.07, 6.45) is -8.00. The topological polar surface area (TPSA) is 189 Å². The predicted molar refractivity (Wildman–Crippen MR) is 262 cm³/mol. The first-order chi connectivity index (χ1) is 33.5. The largest absolute Gasteiger partial charge is 0.456 e. The third-order valence-electron chi connectivity index (χ3n) is 15.2. The second-order valence-corrected chi connectivity index (χ2v) is 21.2. The molecule has 1 N–H and O–H groups in total. The minimum absolute atomic E-state index is 0.0888. The number of nitrogens with zero attached hydrogens (tertiary/aromatic N) is 2. The van der Waals surface area contributed by atoms with Gasteiger partial charge in [0.05, 0.1) is 59.2 Å². The van der Waals surface area contributed by atoms with E-state index >= 15 is 0 Å². The van der Waals surface area contributed by atoms with E-state index in [1.165, 1.54) is 0 Å². The van der Waals surface area contributed by atoms with E-state index in [9.17, 15) is 19.6 Å². The second kappa shape index (κ2) is 23.4. The van der Waals surface area contributed by atoms with Gasteiger partial charge in [0, 0.05) is 32.5 Å². The molecule has 0 aromatic heterocycles. The average Bonchev–Trinajstić information content (AvgIpc) is 3.34. The minimum atomic E-state index is -1.20. The van der Waals surface area contributed by atoms with Crippen molar-refractivity contribution in [1.29, 1.82) is 0 Å². The first-order valence-electron chi connectivity index (χ1n) is 25.2. The van der Waals surface area contributed by atoms with Gasteiger partial charge in [-0.1, -0.05) is 69.2 Å². The number of hydrogen-bond acceptors (Lipinski definition) is 17. The maximum absolute atomic E-state index is 14.9.